The number of fused-ring (bicyclic) bond motifs is 3. The lowest BCUT2D eigenvalue weighted by atomic mass is 9.98. The average Bonchev–Trinajstić information content (AvgIpc) is 3.30. The number of hydrogen-bond donors (Lipinski definition) is 2. The molecule has 0 bridgehead atoms. The predicted molar refractivity (Wildman–Crippen MR) is 114 cm³/mol. The molecule has 0 fully saturated rings. The Morgan fingerprint density at radius 1 is 1.13 bits per heavy atom. The Morgan fingerprint density at radius 2 is 1.77 bits per heavy atom. The lowest BCUT2D eigenvalue weighted by molar-refractivity contribution is -0.139. The Hall–Kier alpha value is -3.13. The van der Waals surface area contributed by atoms with Crippen LogP contribution in [0.1, 0.15) is 23.5 Å². The summed E-state index contributed by atoms with van der Waals surface area (Å²) in [5, 5.41) is 16.0. The molecule has 1 atom stereocenters. The van der Waals surface area contributed by atoms with Gasteiger partial charge >= 0.3 is 12.1 Å². The molecule has 3 aromatic rings. The maximum Gasteiger partial charge on any atom is 0.407 e. The third-order valence-electron chi connectivity index (χ3n) is 5.18. The van der Waals surface area contributed by atoms with Crippen LogP contribution in [0.5, 0.6) is 0 Å². The van der Waals surface area contributed by atoms with E-state index in [1.807, 2.05) is 36.4 Å². The van der Waals surface area contributed by atoms with E-state index in [-0.39, 0.29) is 18.9 Å². The van der Waals surface area contributed by atoms with E-state index in [4.69, 9.17) is 4.74 Å². The molecule has 4 rings (SSSR count). The summed E-state index contributed by atoms with van der Waals surface area (Å²) in [6.07, 6.45) is 2.81. The van der Waals surface area contributed by atoms with E-state index < -0.39 is 18.1 Å². The molecular formula is C22H20BrN3O4. The first-order valence-electron chi connectivity index (χ1n) is 9.55. The summed E-state index contributed by atoms with van der Waals surface area (Å²) in [5.74, 6) is -1.19. The molecular weight excluding hydrogens is 450 g/mol. The Kier molecular flexibility index (Phi) is 5.85. The highest BCUT2D eigenvalue weighted by Gasteiger charge is 2.29. The molecule has 1 aromatic heterocycles. The van der Waals surface area contributed by atoms with Crippen molar-refractivity contribution in [2.45, 2.75) is 24.9 Å². The quantitative estimate of drug-likeness (QED) is 0.544. The largest absolute Gasteiger partial charge is 0.480 e. The summed E-state index contributed by atoms with van der Waals surface area (Å²) in [7, 11) is 0. The van der Waals surface area contributed by atoms with E-state index in [2.05, 4.69) is 38.5 Å². The van der Waals surface area contributed by atoms with Crippen molar-refractivity contribution >= 4 is 28.0 Å². The smallest absolute Gasteiger partial charge is 0.407 e. The van der Waals surface area contributed by atoms with Crippen LogP contribution in [0.25, 0.3) is 11.1 Å². The summed E-state index contributed by atoms with van der Waals surface area (Å²) in [6, 6.07) is 15.0. The van der Waals surface area contributed by atoms with Crippen LogP contribution in [0.3, 0.4) is 0 Å². The van der Waals surface area contributed by atoms with Gasteiger partial charge in [-0.2, -0.15) is 5.10 Å². The molecule has 1 unspecified atom stereocenters. The SMILES string of the molecule is O=C(NC(CCn1cc(Br)cn1)C(=O)O)OCC1c2ccccc2-c2ccccc21. The third kappa shape index (κ3) is 4.23. The van der Waals surface area contributed by atoms with Crippen LogP contribution in [0.4, 0.5) is 4.79 Å². The molecule has 154 valence electrons. The van der Waals surface area contributed by atoms with Gasteiger partial charge in [-0.3, -0.25) is 4.68 Å². The highest BCUT2D eigenvalue weighted by atomic mass is 79.9. The molecule has 0 saturated heterocycles. The van der Waals surface area contributed by atoms with E-state index in [0.29, 0.717) is 6.54 Å². The first-order chi connectivity index (χ1) is 14.5. The highest BCUT2D eigenvalue weighted by molar-refractivity contribution is 9.10. The Morgan fingerprint density at radius 3 is 2.33 bits per heavy atom. The third-order valence-corrected chi connectivity index (χ3v) is 5.59. The molecule has 1 aliphatic rings. The fraction of sp³-hybridized carbons (Fsp3) is 0.227. The van der Waals surface area contributed by atoms with E-state index >= 15 is 0 Å². The zero-order valence-corrected chi connectivity index (χ0v) is 17.6. The molecule has 2 N–H and O–H groups in total. The van der Waals surface area contributed by atoms with Gasteiger partial charge in [0.15, 0.2) is 0 Å². The first kappa shape index (κ1) is 20.2. The number of carboxylic acids is 1. The van der Waals surface area contributed by atoms with Crippen LogP contribution in [0.2, 0.25) is 0 Å². The average molecular weight is 470 g/mol. The number of nitrogens with zero attached hydrogens (tertiary/aromatic N) is 2. The van der Waals surface area contributed by atoms with Crippen LogP contribution in [0, 0.1) is 0 Å². The maximum atomic E-state index is 12.3. The zero-order valence-electron chi connectivity index (χ0n) is 16.0. The Labute approximate surface area is 181 Å². The molecule has 0 spiro atoms. The van der Waals surface area contributed by atoms with Crippen LogP contribution >= 0.6 is 15.9 Å². The maximum absolute atomic E-state index is 12.3. The van der Waals surface area contributed by atoms with Crippen LogP contribution in [-0.2, 0) is 16.1 Å². The lowest BCUT2D eigenvalue weighted by Gasteiger charge is -2.17. The molecule has 7 nitrogen and oxygen atoms in total. The van der Waals surface area contributed by atoms with Crippen molar-refractivity contribution in [1.29, 1.82) is 0 Å². The Balaban J connectivity index is 1.38. The van der Waals surface area contributed by atoms with Crippen molar-refractivity contribution in [1.82, 2.24) is 15.1 Å². The van der Waals surface area contributed by atoms with Gasteiger partial charge in [0.2, 0.25) is 0 Å². The van der Waals surface area contributed by atoms with Crippen molar-refractivity contribution in [3.05, 3.63) is 76.5 Å². The predicted octanol–water partition coefficient (Wildman–Crippen LogP) is 4.03. The number of ether oxygens (including phenoxy) is 1. The summed E-state index contributed by atoms with van der Waals surface area (Å²) < 4.78 is 7.85. The standard InChI is InChI=1S/C22H20BrN3O4/c23-14-11-24-26(12-14)10-9-20(21(27)28)25-22(29)30-13-19-17-7-3-1-5-15(17)16-6-2-4-8-18(16)19/h1-8,11-12,19-20H,9-10,13H2,(H,25,29)(H,27,28). The minimum absolute atomic E-state index is 0.0761. The molecule has 0 radical (unpaired) electrons. The van der Waals surface area contributed by atoms with Gasteiger partial charge in [0, 0.05) is 18.7 Å². The second-order valence-electron chi connectivity index (χ2n) is 7.07. The molecule has 0 saturated carbocycles. The summed E-state index contributed by atoms with van der Waals surface area (Å²) >= 11 is 3.29. The minimum Gasteiger partial charge on any atom is -0.480 e. The van der Waals surface area contributed by atoms with Crippen molar-refractivity contribution in [2.24, 2.45) is 0 Å². The molecule has 1 aliphatic carbocycles. The van der Waals surface area contributed by atoms with E-state index in [9.17, 15) is 14.7 Å². The lowest BCUT2D eigenvalue weighted by Crippen LogP contribution is -2.42. The first-order valence-corrected chi connectivity index (χ1v) is 10.3. The molecule has 1 heterocycles. The zero-order chi connectivity index (χ0) is 21.1. The molecule has 8 heteroatoms. The van der Waals surface area contributed by atoms with Gasteiger partial charge in [-0.15, -0.1) is 0 Å². The number of carboxylic acid groups (broad SMARTS) is 1. The normalized spacial score (nSPS) is 13.4. The topological polar surface area (TPSA) is 93.5 Å². The monoisotopic (exact) mass is 469 g/mol. The number of nitrogens with one attached hydrogen (secondary N) is 1. The number of alkyl carbamates (subject to hydrolysis) is 1. The highest BCUT2D eigenvalue weighted by Crippen LogP contribution is 2.44. The number of carbonyl (C=O) groups is 2. The second kappa shape index (κ2) is 8.71. The van der Waals surface area contributed by atoms with Gasteiger partial charge in [-0.1, -0.05) is 48.5 Å². The fourth-order valence-electron chi connectivity index (χ4n) is 3.76. The number of amides is 1. The van der Waals surface area contributed by atoms with E-state index in [1.165, 1.54) is 0 Å². The number of hydrogen-bond acceptors (Lipinski definition) is 4. The molecule has 30 heavy (non-hydrogen) atoms. The number of aliphatic carboxylic acids is 1. The van der Waals surface area contributed by atoms with Gasteiger partial charge in [-0.05, 0) is 44.6 Å². The molecule has 2 aromatic carbocycles. The number of halogens is 1. The summed E-state index contributed by atoms with van der Waals surface area (Å²) in [5.41, 5.74) is 4.47. The summed E-state index contributed by atoms with van der Waals surface area (Å²) in [4.78, 5) is 23.9. The van der Waals surface area contributed by atoms with Crippen molar-refractivity contribution in [3.8, 4) is 11.1 Å². The second-order valence-corrected chi connectivity index (χ2v) is 7.99. The van der Waals surface area contributed by atoms with Crippen LogP contribution < -0.4 is 5.32 Å². The van der Waals surface area contributed by atoms with Gasteiger partial charge in [0.05, 0.1) is 10.7 Å². The fourth-order valence-corrected chi connectivity index (χ4v) is 4.09. The minimum atomic E-state index is -1.12. The van der Waals surface area contributed by atoms with Crippen molar-refractivity contribution in [3.63, 3.8) is 0 Å². The number of carbonyl (C=O) groups excluding carboxylic acids is 1. The van der Waals surface area contributed by atoms with E-state index in [1.54, 1.807) is 17.1 Å². The number of rotatable bonds is 7. The van der Waals surface area contributed by atoms with Gasteiger partial charge in [-0.25, -0.2) is 9.59 Å². The molecule has 1 amide bonds. The number of aromatic nitrogens is 2. The van der Waals surface area contributed by atoms with Crippen molar-refractivity contribution in [2.75, 3.05) is 6.61 Å². The number of aryl methyl sites for hydroxylation is 1. The number of benzene rings is 2. The van der Waals surface area contributed by atoms with Crippen LogP contribution in [0.15, 0.2) is 65.4 Å². The summed E-state index contributed by atoms with van der Waals surface area (Å²) in [6.45, 7) is 0.491. The van der Waals surface area contributed by atoms with E-state index in [0.717, 1.165) is 26.7 Å². The molecule has 0 aliphatic heterocycles. The van der Waals surface area contributed by atoms with Crippen molar-refractivity contribution < 1.29 is 19.4 Å². The Bertz CT molecular complexity index is 1040. The van der Waals surface area contributed by atoms with Gasteiger partial charge in [0.25, 0.3) is 0 Å². The van der Waals surface area contributed by atoms with Gasteiger partial charge in [0.1, 0.15) is 12.6 Å². The van der Waals surface area contributed by atoms with Crippen LogP contribution in [-0.4, -0.2) is 39.6 Å². The van der Waals surface area contributed by atoms with Gasteiger partial charge < -0.3 is 15.2 Å².